The van der Waals surface area contributed by atoms with Crippen molar-refractivity contribution in [3.05, 3.63) is 60.4 Å². The van der Waals surface area contributed by atoms with E-state index in [0.717, 1.165) is 12.0 Å². The zero-order valence-electron chi connectivity index (χ0n) is 15.7. The Morgan fingerprint density at radius 3 is 2.83 bits per heavy atom. The fourth-order valence-corrected chi connectivity index (χ4v) is 3.44. The van der Waals surface area contributed by atoms with Crippen molar-refractivity contribution < 1.29 is 14.3 Å². The molecule has 4 rings (SSSR count). The third-order valence-corrected chi connectivity index (χ3v) is 4.93. The van der Waals surface area contributed by atoms with Crippen LogP contribution in [0.1, 0.15) is 18.4 Å². The van der Waals surface area contributed by atoms with Gasteiger partial charge in [-0.05, 0) is 36.6 Å². The first kappa shape index (κ1) is 18.7. The molecule has 0 radical (unpaired) electrons. The summed E-state index contributed by atoms with van der Waals surface area (Å²) in [5.74, 6) is 0.0898. The molecule has 1 aliphatic rings. The van der Waals surface area contributed by atoms with E-state index in [-0.39, 0.29) is 12.5 Å². The summed E-state index contributed by atoms with van der Waals surface area (Å²) in [6.45, 7) is 0.665. The Kier molecular flexibility index (Phi) is 5.24. The highest BCUT2D eigenvalue weighted by Crippen LogP contribution is 2.24. The molecule has 8 heteroatoms. The molecule has 0 aliphatic carbocycles. The number of likely N-dealkylation sites (tertiary alicyclic amines) is 1. The molecule has 1 atom stereocenters. The molecule has 1 saturated heterocycles. The summed E-state index contributed by atoms with van der Waals surface area (Å²) < 4.78 is 5.39. The second-order valence-corrected chi connectivity index (χ2v) is 6.87. The van der Waals surface area contributed by atoms with E-state index in [0.29, 0.717) is 35.4 Å². The van der Waals surface area contributed by atoms with Crippen LogP contribution in [0.5, 0.6) is 0 Å². The highest BCUT2D eigenvalue weighted by Gasteiger charge is 2.35. The lowest BCUT2D eigenvalue weighted by molar-refractivity contribution is -0.120. The standard InChI is InChI=1S/C21H21N5O3/c22-19-16-11-15(8-9-17(16)23-13-24-19)25-20(27)18-7-4-10-26(18)21(28)29-12-14-5-2-1-3-6-14/h1-3,5-6,8-9,11,13,18H,4,7,10,12H2,(H,25,27)(H2,22,23,24). The molecule has 1 aliphatic heterocycles. The first-order valence-electron chi connectivity index (χ1n) is 9.40. The van der Waals surface area contributed by atoms with Crippen LogP contribution in [-0.2, 0) is 16.1 Å². The van der Waals surface area contributed by atoms with Crippen LogP contribution in [-0.4, -0.2) is 39.5 Å². The summed E-state index contributed by atoms with van der Waals surface area (Å²) in [5.41, 5.74) is 8.06. The highest BCUT2D eigenvalue weighted by atomic mass is 16.6. The molecule has 0 spiro atoms. The summed E-state index contributed by atoms with van der Waals surface area (Å²) in [5, 5.41) is 3.53. The van der Waals surface area contributed by atoms with E-state index in [4.69, 9.17) is 10.5 Å². The first-order chi connectivity index (χ1) is 14.1. The van der Waals surface area contributed by atoms with Crippen molar-refractivity contribution in [2.75, 3.05) is 17.6 Å². The van der Waals surface area contributed by atoms with E-state index in [1.165, 1.54) is 11.2 Å². The summed E-state index contributed by atoms with van der Waals surface area (Å²) >= 11 is 0. The third kappa shape index (κ3) is 4.11. The van der Waals surface area contributed by atoms with E-state index >= 15 is 0 Å². The molecule has 3 N–H and O–H groups in total. The maximum Gasteiger partial charge on any atom is 0.410 e. The normalized spacial score (nSPS) is 16.0. The molecule has 2 aromatic carbocycles. The lowest BCUT2D eigenvalue weighted by atomic mass is 10.1. The number of hydrogen-bond donors (Lipinski definition) is 2. The van der Waals surface area contributed by atoms with Crippen molar-refractivity contribution in [1.82, 2.24) is 14.9 Å². The fraction of sp³-hybridized carbons (Fsp3) is 0.238. The van der Waals surface area contributed by atoms with Crippen LogP contribution in [0.4, 0.5) is 16.3 Å². The second-order valence-electron chi connectivity index (χ2n) is 6.87. The number of aromatic nitrogens is 2. The number of fused-ring (bicyclic) bond motifs is 1. The van der Waals surface area contributed by atoms with Crippen molar-refractivity contribution in [3.8, 4) is 0 Å². The molecule has 1 aromatic heterocycles. The minimum absolute atomic E-state index is 0.175. The number of nitrogens with two attached hydrogens (primary N) is 1. The number of ether oxygens (including phenoxy) is 1. The molecule has 148 valence electrons. The van der Waals surface area contributed by atoms with Gasteiger partial charge in [-0.3, -0.25) is 9.69 Å². The Hall–Kier alpha value is -3.68. The Morgan fingerprint density at radius 2 is 2.00 bits per heavy atom. The Morgan fingerprint density at radius 1 is 1.17 bits per heavy atom. The van der Waals surface area contributed by atoms with Crippen molar-refractivity contribution in [3.63, 3.8) is 0 Å². The third-order valence-electron chi connectivity index (χ3n) is 4.93. The number of nitrogens with one attached hydrogen (secondary N) is 1. The number of rotatable bonds is 4. The predicted octanol–water partition coefficient (Wildman–Crippen LogP) is 2.95. The molecule has 0 bridgehead atoms. The number of benzene rings is 2. The van der Waals surface area contributed by atoms with Gasteiger partial charge in [-0.15, -0.1) is 0 Å². The van der Waals surface area contributed by atoms with E-state index in [2.05, 4.69) is 15.3 Å². The van der Waals surface area contributed by atoms with Gasteiger partial charge in [-0.1, -0.05) is 30.3 Å². The monoisotopic (exact) mass is 391 g/mol. The van der Waals surface area contributed by atoms with Gasteiger partial charge in [0.2, 0.25) is 5.91 Å². The lowest BCUT2D eigenvalue weighted by Gasteiger charge is -2.23. The van der Waals surface area contributed by atoms with E-state index in [1.807, 2.05) is 30.3 Å². The number of amides is 2. The number of carbonyl (C=O) groups is 2. The van der Waals surface area contributed by atoms with Crippen LogP contribution < -0.4 is 11.1 Å². The van der Waals surface area contributed by atoms with Gasteiger partial charge in [0.15, 0.2) is 0 Å². The van der Waals surface area contributed by atoms with Gasteiger partial charge in [0.05, 0.1) is 5.52 Å². The van der Waals surface area contributed by atoms with Crippen LogP contribution in [0, 0.1) is 0 Å². The molecule has 3 aromatic rings. The molecule has 29 heavy (non-hydrogen) atoms. The molecule has 2 heterocycles. The smallest absolute Gasteiger partial charge is 0.410 e. The first-order valence-corrected chi connectivity index (χ1v) is 9.40. The molecule has 1 unspecified atom stereocenters. The average Bonchev–Trinajstić information content (AvgIpc) is 3.24. The van der Waals surface area contributed by atoms with Gasteiger partial charge in [0.1, 0.15) is 24.8 Å². The molecule has 0 saturated carbocycles. The molecular weight excluding hydrogens is 370 g/mol. The van der Waals surface area contributed by atoms with Crippen molar-refractivity contribution in [2.45, 2.75) is 25.5 Å². The number of carbonyl (C=O) groups excluding carboxylic acids is 2. The fourth-order valence-electron chi connectivity index (χ4n) is 3.44. The van der Waals surface area contributed by atoms with Crippen molar-refractivity contribution in [1.29, 1.82) is 0 Å². The minimum Gasteiger partial charge on any atom is -0.445 e. The number of anilines is 2. The zero-order valence-corrected chi connectivity index (χ0v) is 15.7. The number of nitrogens with zero attached hydrogens (tertiary/aromatic N) is 3. The Bertz CT molecular complexity index is 1040. The van der Waals surface area contributed by atoms with E-state index in [9.17, 15) is 9.59 Å². The summed E-state index contributed by atoms with van der Waals surface area (Å²) in [4.78, 5) is 34.9. The van der Waals surface area contributed by atoms with Crippen molar-refractivity contribution in [2.24, 2.45) is 0 Å². The quantitative estimate of drug-likeness (QED) is 0.707. The van der Waals surface area contributed by atoms with Crippen molar-refractivity contribution >= 4 is 34.4 Å². The largest absolute Gasteiger partial charge is 0.445 e. The summed E-state index contributed by atoms with van der Waals surface area (Å²) in [6.07, 6.45) is 2.25. The average molecular weight is 391 g/mol. The SMILES string of the molecule is Nc1ncnc2ccc(NC(=O)C3CCCN3C(=O)OCc3ccccc3)cc12. The number of hydrogen-bond acceptors (Lipinski definition) is 6. The minimum atomic E-state index is -0.571. The molecule has 8 nitrogen and oxygen atoms in total. The van der Waals surface area contributed by atoms with Gasteiger partial charge in [0.25, 0.3) is 0 Å². The predicted molar refractivity (Wildman–Crippen MR) is 109 cm³/mol. The maximum atomic E-state index is 12.8. The van der Waals surface area contributed by atoms with Crippen LogP contribution in [0.15, 0.2) is 54.9 Å². The number of nitrogen functional groups attached to an aromatic ring is 1. The second kappa shape index (κ2) is 8.14. The van der Waals surface area contributed by atoms with Crippen LogP contribution in [0.2, 0.25) is 0 Å². The Balaban J connectivity index is 1.42. The molecular formula is C21H21N5O3. The van der Waals surface area contributed by atoms with Crippen LogP contribution >= 0.6 is 0 Å². The molecule has 2 amide bonds. The van der Waals surface area contributed by atoms with Crippen LogP contribution in [0.3, 0.4) is 0 Å². The van der Waals surface area contributed by atoms with E-state index < -0.39 is 12.1 Å². The lowest BCUT2D eigenvalue weighted by Crippen LogP contribution is -2.43. The molecule has 1 fully saturated rings. The Labute approximate surface area is 167 Å². The van der Waals surface area contributed by atoms with Gasteiger partial charge >= 0.3 is 6.09 Å². The summed E-state index contributed by atoms with van der Waals surface area (Å²) in [7, 11) is 0. The van der Waals surface area contributed by atoms with Gasteiger partial charge < -0.3 is 15.8 Å². The summed E-state index contributed by atoms with van der Waals surface area (Å²) in [6, 6.07) is 14.1. The highest BCUT2D eigenvalue weighted by molar-refractivity contribution is 5.99. The van der Waals surface area contributed by atoms with E-state index in [1.54, 1.807) is 18.2 Å². The maximum absolute atomic E-state index is 12.8. The zero-order chi connectivity index (χ0) is 20.2. The van der Waals surface area contributed by atoms with Crippen LogP contribution in [0.25, 0.3) is 10.9 Å². The van der Waals surface area contributed by atoms with Gasteiger partial charge in [-0.2, -0.15) is 0 Å². The topological polar surface area (TPSA) is 110 Å². The van der Waals surface area contributed by atoms with Gasteiger partial charge in [0, 0.05) is 17.6 Å². The van der Waals surface area contributed by atoms with Gasteiger partial charge in [-0.25, -0.2) is 14.8 Å².